The smallest absolute Gasteiger partial charge is 0.155 e. The van der Waals surface area contributed by atoms with Gasteiger partial charge in [0.15, 0.2) is 5.84 Å². The fraction of sp³-hybridized carbons (Fsp3) is 0.471. The molecule has 3 fully saturated rings. The second kappa shape index (κ2) is 4.23. The van der Waals surface area contributed by atoms with Gasteiger partial charge < -0.3 is 5.32 Å². The summed E-state index contributed by atoms with van der Waals surface area (Å²) in [4.78, 5) is 0. The minimum absolute atomic E-state index is 0.0418. The van der Waals surface area contributed by atoms with E-state index < -0.39 is 0 Å². The molecule has 3 nitrogen and oxygen atoms in total. The molecule has 1 spiro atoms. The minimum atomic E-state index is 0.0418. The highest BCUT2D eigenvalue weighted by molar-refractivity contribution is 7.17. The van der Waals surface area contributed by atoms with Crippen molar-refractivity contribution in [2.45, 2.75) is 37.8 Å². The van der Waals surface area contributed by atoms with Crippen molar-refractivity contribution in [3.63, 3.8) is 0 Å². The summed E-state index contributed by atoms with van der Waals surface area (Å²) in [5.74, 6) is 2.63. The van der Waals surface area contributed by atoms with Gasteiger partial charge in [-0.05, 0) is 73.1 Å². The van der Waals surface area contributed by atoms with Crippen LogP contribution in [0.25, 0.3) is 10.1 Å². The molecule has 1 aromatic heterocycles. The maximum absolute atomic E-state index is 4.65. The summed E-state index contributed by atoms with van der Waals surface area (Å²) in [5.41, 5.74) is 4.72. The molecular weight excluding hydrogens is 278 g/mol. The molecule has 4 heteroatoms. The van der Waals surface area contributed by atoms with Crippen LogP contribution in [-0.4, -0.2) is 11.5 Å². The van der Waals surface area contributed by atoms with Crippen LogP contribution < -0.4 is 10.7 Å². The molecule has 2 heterocycles. The molecule has 0 radical (unpaired) electrons. The monoisotopic (exact) mass is 297 g/mol. The number of fused-ring (bicyclic) bond motifs is 3. The van der Waals surface area contributed by atoms with Crippen molar-refractivity contribution in [3.8, 4) is 0 Å². The van der Waals surface area contributed by atoms with Crippen LogP contribution >= 0.6 is 11.3 Å². The second-order valence-electron chi connectivity index (χ2n) is 6.76. The van der Waals surface area contributed by atoms with Gasteiger partial charge in [0.1, 0.15) is 5.66 Å². The number of nitrogens with zero attached hydrogens (tertiary/aromatic N) is 1. The Balaban J connectivity index is 1.46. The van der Waals surface area contributed by atoms with Gasteiger partial charge in [0.25, 0.3) is 0 Å². The first kappa shape index (κ1) is 12.0. The van der Waals surface area contributed by atoms with E-state index in [0.717, 1.165) is 17.7 Å². The van der Waals surface area contributed by atoms with Gasteiger partial charge >= 0.3 is 0 Å². The molecule has 2 bridgehead atoms. The minimum Gasteiger partial charge on any atom is -0.344 e. The van der Waals surface area contributed by atoms with Crippen molar-refractivity contribution in [3.05, 3.63) is 35.2 Å². The molecule has 2 aromatic rings. The number of hydrogen-bond acceptors (Lipinski definition) is 4. The Bertz CT molecular complexity index is 726. The van der Waals surface area contributed by atoms with E-state index >= 15 is 0 Å². The van der Waals surface area contributed by atoms with Gasteiger partial charge in [-0.2, -0.15) is 5.10 Å². The van der Waals surface area contributed by atoms with E-state index in [1.54, 1.807) is 11.3 Å². The van der Waals surface area contributed by atoms with Crippen LogP contribution in [-0.2, 0) is 0 Å². The zero-order valence-electron chi connectivity index (χ0n) is 11.9. The largest absolute Gasteiger partial charge is 0.344 e. The lowest BCUT2D eigenvalue weighted by atomic mass is 9.64. The molecule has 1 atom stereocenters. The van der Waals surface area contributed by atoms with Crippen LogP contribution in [0.4, 0.5) is 0 Å². The lowest BCUT2D eigenvalue weighted by Crippen LogP contribution is -2.62. The van der Waals surface area contributed by atoms with E-state index in [9.17, 15) is 0 Å². The van der Waals surface area contributed by atoms with E-state index in [0.29, 0.717) is 0 Å². The summed E-state index contributed by atoms with van der Waals surface area (Å²) in [6.07, 6.45) is 6.73. The van der Waals surface area contributed by atoms with E-state index in [1.807, 2.05) is 0 Å². The fourth-order valence-corrected chi connectivity index (χ4v) is 5.22. The lowest BCUT2D eigenvalue weighted by Gasteiger charge is -2.49. The Morgan fingerprint density at radius 2 is 2.05 bits per heavy atom. The standard InChI is InChI=1S/C17H19N3S/c1-4-14-5-2-11(1)10-17(14)18-16(19-20-17)13-3-6-15-12(9-13)7-8-21-15/h3,6-9,11,14,20H,1-2,4-5,10H2,(H,18,19)/t11?,14?,17-/m1/s1. The predicted octanol–water partition coefficient (Wildman–Crippen LogP) is 3.66. The third kappa shape index (κ3) is 1.75. The summed E-state index contributed by atoms with van der Waals surface area (Å²) in [7, 11) is 0. The Morgan fingerprint density at radius 1 is 1.14 bits per heavy atom. The molecule has 0 amide bonds. The summed E-state index contributed by atoms with van der Waals surface area (Å²) >= 11 is 1.79. The lowest BCUT2D eigenvalue weighted by molar-refractivity contribution is 0.0394. The topological polar surface area (TPSA) is 36.4 Å². The van der Waals surface area contributed by atoms with Crippen LogP contribution in [0.15, 0.2) is 34.7 Å². The molecule has 1 aliphatic heterocycles. The van der Waals surface area contributed by atoms with Crippen molar-refractivity contribution < 1.29 is 0 Å². The van der Waals surface area contributed by atoms with Crippen LogP contribution in [0.2, 0.25) is 0 Å². The van der Waals surface area contributed by atoms with Crippen molar-refractivity contribution in [1.82, 2.24) is 10.7 Å². The van der Waals surface area contributed by atoms with Gasteiger partial charge in [-0.3, -0.25) is 5.43 Å². The number of rotatable bonds is 1. The quantitative estimate of drug-likeness (QED) is 0.842. The van der Waals surface area contributed by atoms with Gasteiger partial charge in [-0.1, -0.05) is 0 Å². The van der Waals surface area contributed by atoms with Gasteiger partial charge in [-0.15, -0.1) is 11.3 Å². The zero-order chi connectivity index (χ0) is 13.9. The molecular formula is C17H19N3S. The third-order valence-corrected chi connectivity index (χ3v) is 6.49. The molecule has 1 aromatic carbocycles. The number of hydrogen-bond donors (Lipinski definition) is 2. The highest BCUT2D eigenvalue weighted by Crippen LogP contribution is 2.47. The third-order valence-electron chi connectivity index (χ3n) is 5.59. The highest BCUT2D eigenvalue weighted by atomic mass is 32.1. The van der Waals surface area contributed by atoms with Crippen molar-refractivity contribution in [2.24, 2.45) is 16.9 Å². The van der Waals surface area contributed by atoms with Crippen molar-refractivity contribution in [2.75, 3.05) is 0 Å². The Kier molecular flexibility index (Phi) is 2.42. The first-order valence-corrected chi connectivity index (χ1v) is 8.81. The molecule has 3 aliphatic carbocycles. The number of hydrazone groups is 1. The van der Waals surface area contributed by atoms with Gasteiger partial charge in [0, 0.05) is 16.2 Å². The molecule has 0 saturated heterocycles. The maximum Gasteiger partial charge on any atom is 0.155 e. The first-order valence-electron chi connectivity index (χ1n) is 7.93. The van der Waals surface area contributed by atoms with Crippen LogP contribution in [0, 0.1) is 11.8 Å². The van der Waals surface area contributed by atoms with E-state index in [1.165, 1.54) is 47.8 Å². The maximum atomic E-state index is 4.65. The normalized spacial score (nSPS) is 34.0. The van der Waals surface area contributed by atoms with E-state index in [-0.39, 0.29) is 5.66 Å². The van der Waals surface area contributed by atoms with Crippen molar-refractivity contribution in [1.29, 1.82) is 0 Å². The highest BCUT2D eigenvalue weighted by Gasteiger charge is 2.50. The summed E-state index contributed by atoms with van der Waals surface area (Å²) in [6.45, 7) is 0. The Hall–Kier alpha value is -1.55. The van der Waals surface area contributed by atoms with Gasteiger partial charge in [0.05, 0.1) is 0 Å². The van der Waals surface area contributed by atoms with Crippen molar-refractivity contribution >= 4 is 27.3 Å². The number of amidine groups is 1. The zero-order valence-corrected chi connectivity index (χ0v) is 12.7. The number of thiophene rings is 1. The Labute approximate surface area is 128 Å². The predicted molar refractivity (Wildman–Crippen MR) is 87.4 cm³/mol. The van der Waals surface area contributed by atoms with Crippen LogP contribution in [0.1, 0.15) is 37.7 Å². The van der Waals surface area contributed by atoms with Crippen LogP contribution in [0.5, 0.6) is 0 Å². The average molecular weight is 297 g/mol. The molecule has 6 rings (SSSR count). The fourth-order valence-electron chi connectivity index (χ4n) is 4.44. The van der Waals surface area contributed by atoms with E-state index in [2.05, 4.69) is 45.5 Å². The molecule has 2 N–H and O–H groups in total. The van der Waals surface area contributed by atoms with Gasteiger partial charge in [0.2, 0.25) is 0 Å². The summed E-state index contributed by atoms with van der Waals surface area (Å²) < 4.78 is 1.34. The number of benzene rings is 1. The molecule has 21 heavy (non-hydrogen) atoms. The van der Waals surface area contributed by atoms with Crippen LogP contribution in [0.3, 0.4) is 0 Å². The Morgan fingerprint density at radius 3 is 2.86 bits per heavy atom. The molecule has 108 valence electrons. The average Bonchev–Trinajstić information content (AvgIpc) is 3.15. The summed E-state index contributed by atoms with van der Waals surface area (Å²) in [5, 5.41) is 11.9. The van der Waals surface area contributed by atoms with Gasteiger partial charge in [-0.25, -0.2) is 0 Å². The summed E-state index contributed by atoms with van der Waals surface area (Å²) in [6, 6.07) is 8.83. The second-order valence-corrected chi connectivity index (χ2v) is 7.71. The molecule has 3 saturated carbocycles. The molecule has 0 unspecified atom stereocenters. The molecule has 4 aliphatic rings. The first-order chi connectivity index (χ1) is 10.3. The van der Waals surface area contributed by atoms with E-state index in [4.69, 9.17) is 0 Å². The SMILES string of the molecule is c1cc2cc(C3=NN[C@@]4(CC5CCC4CC5)N3)ccc2s1. The number of nitrogens with one attached hydrogen (secondary N) is 2.